The van der Waals surface area contributed by atoms with E-state index in [0.29, 0.717) is 16.5 Å². The van der Waals surface area contributed by atoms with E-state index < -0.39 is 0 Å². The zero-order valence-corrected chi connectivity index (χ0v) is 7.82. The molecule has 0 saturated carbocycles. The van der Waals surface area contributed by atoms with Crippen molar-refractivity contribution in [2.24, 2.45) is 0 Å². The van der Waals surface area contributed by atoms with E-state index in [9.17, 15) is 9.50 Å². The monoisotopic (exact) mass is 197 g/mol. The van der Waals surface area contributed by atoms with Crippen molar-refractivity contribution < 1.29 is 9.50 Å². The number of H-pyrrole nitrogens is 1. The maximum absolute atomic E-state index is 13.1. The van der Waals surface area contributed by atoms with Crippen LogP contribution in [0.25, 0.3) is 10.9 Å². The molecule has 0 atom stereocenters. The zero-order valence-electron chi connectivity index (χ0n) is 6.93. The summed E-state index contributed by atoms with van der Waals surface area (Å²) in [5.74, 6) is -0.311. The Hall–Kier alpha value is -1.16. The Labute approximate surface area is 79.8 Å². The van der Waals surface area contributed by atoms with Crippen molar-refractivity contribution >= 4 is 23.5 Å². The van der Waals surface area contributed by atoms with Gasteiger partial charge in [-0.15, -0.1) is 12.6 Å². The predicted octanol–water partition coefficient (Wildman–Crippen LogP) is 2.61. The first kappa shape index (κ1) is 8.44. The van der Waals surface area contributed by atoms with Gasteiger partial charge in [-0.3, -0.25) is 0 Å². The van der Waals surface area contributed by atoms with E-state index in [4.69, 9.17) is 0 Å². The van der Waals surface area contributed by atoms with Crippen molar-refractivity contribution in [2.45, 2.75) is 11.8 Å². The van der Waals surface area contributed by atoms with Gasteiger partial charge in [-0.1, -0.05) is 0 Å². The van der Waals surface area contributed by atoms with Gasteiger partial charge in [0.05, 0.1) is 0 Å². The summed E-state index contributed by atoms with van der Waals surface area (Å²) in [6.45, 7) is 1.72. The van der Waals surface area contributed by atoms with Gasteiger partial charge in [-0.05, 0) is 19.1 Å². The standard InChI is InChI=1S/C9H8FNOS/c1-4-7-6(11-9(4)12)3-2-5(10)8(7)13/h2-3,11-13H,1H3. The van der Waals surface area contributed by atoms with Crippen LogP contribution in [-0.2, 0) is 0 Å². The fourth-order valence-corrected chi connectivity index (χ4v) is 1.75. The van der Waals surface area contributed by atoms with Crippen LogP contribution in [0.15, 0.2) is 17.0 Å². The third-order valence-electron chi connectivity index (χ3n) is 2.11. The summed E-state index contributed by atoms with van der Waals surface area (Å²) in [5.41, 5.74) is 1.32. The molecule has 0 bridgehead atoms. The summed E-state index contributed by atoms with van der Waals surface area (Å²) < 4.78 is 13.1. The molecule has 1 heterocycles. The second-order valence-corrected chi connectivity index (χ2v) is 3.36. The lowest BCUT2D eigenvalue weighted by Gasteiger charge is -1.97. The van der Waals surface area contributed by atoms with Crippen molar-refractivity contribution in [3.63, 3.8) is 0 Å². The number of halogens is 1. The number of fused-ring (bicyclic) bond motifs is 1. The first-order chi connectivity index (χ1) is 6.11. The second-order valence-electron chi connectivity index (χ2n) is 2.92. The number of benzene rings is 1. The van der Waals surface area contributed by atoms with E-state index in [-0.39, 0.29) is 16.6 Å². The Morgan fingerprint density at radius 1 is 1.46 bits per heavy atom. The van der Waals surface area contributed by atoms with Crippen LogP contribution in [0.1, 0.15) is 5.56 Å². The van der Waals surface area contributed by atoms with E-state index in [1.165, 1.54) is 6.07 Å². The lowest BCUT2D eigenvalue weighted by Crippen LogP contribution is -1.79. The fourth-order valence-electron chi connectivity index (χ4n) is 1.39. The van der Waals surface area contributed by atoms with Gasteiger partial charge >= 0.3 is 0 Å². The summed E-state index contributed by atoms with van der Waals surface area (Å²) in [5, 5.41) is 9.99. The van der Waals surface area contributed by atoms with Crippen LogP contribution in [0.4, 0.5) is 4.39 Å². The van der Waals surface area contributed by atoms with E-state index in [0.717, 1.165) is 0 Å². The van der Waals surface area contributed by atoms with Crippen molar-refractivity contribution in [1.82, 2.24) is 4.98 Å². The third-order valence-corrected chi connectivity index (χ3v) is 2.55. The van der Waals surface area contributed by atoms with Gasteiger partial charge in [0.25, 0.3) is 0 Å². The van der Waals surface area contributed by atoms with Gasteiger partial charge in [0, 0.05) is 21.4 Å². The molecule has 4 heteroatoms. The van der Waals surface area contributed by atoms with Gasteiger partial charge in [0.1, 0.15) is 5.82 Å². The van der Waals surface area contributed by atoms with Crippen LogP contribution in [-0.4, -0.2) is 10.1 Å². The van der Waals surface area contributed by atoms with Crippen molar-refractivity contribution in [3.05, 3.63) is 23.5 Å². The molecule has 2 N–H and O–H groups in total. The number of nitrogens with one attached hydrogen (secondary N) is 1. The molecule has 0 aliphatic rings. The number of hydrogen-bond donors (Lipinski definition) is 3. The highest BCUT2D eigenvalue weighted by Gasteiger charge is 2.11. The zero-order chi connectivity index (χ0) is 9.59. The molecule has 2 rings (SSSR count). The minimum atomic E-state index is -0.377. The van der Waals surface area contributed by atoms with Crippen molar-refractivity contribution in [3.8, 4) is 5.88 Å². The summed E-state index contributed by atoms with van der Waals surface area (Å²) in [6, 6.07) is 2.90. The van der Waals surface area contributed by atoms with E-state index in [1.54, 1.807) is 13.0 Å². The summed E-state index contributed by atoms with van der Waals surface area (Å²) >= 11 is 4.04. The highest BCUT2D eigenvalue weighted by atomic mass is 32.1. The van der Waals surface area contributed by atoms with Crippen molar-refractivity contribution in [1.29, 1.82) is 0 Å². The van der Waals surface area contributed by atoms with Gasteiger partial charge in [-0.25, -0.2) is 4.39 Å². The Morgan fingerprint density at radius 2 is 2.15 bits per heavy atom. The number of aromatic hydroxyl groups is 1. The number of rotatable bonds is 0. The maximum atomic E-state index is 13.1. The van der Waals surface area contributed by atoms with E-state index >= 15 is 0 Å². The molecule has 0 saturated heterocycles. The number of aromatic nitrogens is 1. The molecule has 2 aromatic rings. The highest BCUT2D eigenvalue weighted by Crippen LogP contribution is 2.32. The molecule has 0 fully saturated rings. The largest absolute Gasteiger partial charge is 0.494 e. The van der Waals surface area contributed by atoms with Crippen LogP contribution in [0.3, 0.4) is 0 Å². The minimum Gasteiger partial charge on any atom is -0.494 e. The molecular weight excluding hydrogens is 189 g/mol. The van der Waals surface area contributed by atoms with Crippen LogP contribution in [0.5, 0.6) is 5.88 Å². The Balaban J connectivity index is 2.97. The summed E-state index contributed by atoms with van der Waals surface area (Å²) in [4.78, 5) is 3.00. The molecule has 1 aromatic heterocycles. The molecule has 2 nitrogen and oxygen atoms in total. The molecule has 0 radical (unpaired) electrons. The van der Waals surface area contributed by atoms with Crippen LogP contribution < -0.4 is 0 Å². The van der Waals surface area contributed by atoms with Crippen LogP contribution in [0, 0.1) is 12.7 Å². The van der Waals surface area contributed by atoms with E-state index in [2.05, 4.69) is 17.6 Å². The second kappa shape index (κ2) is 2.67. The smallest absolute Gasteiger partial charge is 0.192 e. The molecule has 0 spiro atoms. The number of aryl methyl sites for hydroxylation is 1. The van der Waals surface area contributed by atoms with Crippen LogP contribution >= 0.6 is 12.6 Å². The first-order valence-electron chi connectivity index (χ1n) is 3.80. The highest BCUT2D eigenvalue weighted by molar-refractivity contribution is 7.80. The van der Waals surface area contributed by atoms with Gasteiger partial charge in [0.2, 0.25) is 0 Å². The molecular formula is C9H8FNOS. The topological polar surface area (TPSA) is 36.0 Å². The third kappa shape index (κ3) is 1.09. The number of aromatic amines is 1. The Morgan fingerprint density at radius 3 is 2.85 bits per heavy atom. The molecule has 1 aromatic carbocycles. The van der Waals surface area contributed by atoms with Gasteiger partial charge < -0.3 is 10.1 Å². The summed E-state index contributed by atoms with van der Waals surface area (Å²) in [7, 11) is 0. The van der Waals surface area contributed by atoms with E-state index in [1.807, 2.05) is 0 Å². The molecule has 0 aliphatic heterocycles. The fraction of sp³-hybridized carbons (Fsp3) is 0.111. The predicted molar refractivity (Wildman–Crippen MR) is 51.9 cm³/mol. The molecule has 0 unspecified atom stereocenters. The number of thiol groups is 1. The Bertz CT molecular complexity index is 478. The van der Waals surface area contributed by atoms with Gasteiger partial charge in [-0.2, -0.15) is 0 Å². The molecule has 0 aliphatic carbocycles. The minimum absolute atomic E-state index is 0.0656. The lowest BCUT2D eigenvalue weighted by atomic mass is 10.2. The first-order valence-corrected chi connectivity index (χ1v) is 4.24. The average molecular weight is 197 g/mol. The summed E-state index contributed by atoms with van der Waals surface area (Å²) in [6.07, 6.45) is 0. The molecule has 68 valence electrons. The molecule has 0 amide bonds. The Kier molecular flexibility index (Phi) is 1.73. The lowest BCUT2D eigenvalue weighted by molar-refractivity contribution is 0.454. The van der Waals surface area contributed by atoms with Crippen LogP contribution in [0.2, 0.25) is 0 Å². The maximum Gasteiger partial charge on any atom is 0.192 e. The molecule has 13 heavy (non-hydrogen) atoms. The number of hydrogen-bond acceptors (Lipinski definition) is 2. The van der Waals surface area contributed by atoms with Crippen molar-refractivity contribution in [2.75, 3.05) is 0 Å². The SMILES string of the molecule is Cc1c(O)[nH]c2ccc(F)c(S)c12. The van der Waals surface area contributed by atoms with Gasteiger partial charge in [0.15, 0.2) is 5.88 Å². The average Bonchev–Trinajstić information content (AvgIpc) is 2.37. The quantitative estimate of drug-likeness (QED) is 0.558. The normalized spacial score (nSPS) is 11.0.